The van der Waals surface area contributed by atoms with Crippen molar-refractivity contribution in [1.82, 2.24) is 15.1 Å². The van der Waals surface area contributed by atoms with Gasteiger partial charge >= 0.3 is 0 Å². The molecule has 0 spiro atoms. The fourth-order valence-corrected chi connectivity index (χ4v) is 3.21. The Morgan fingerprint density at radius 3 is 2.88 bits per heavy atom. The highest BCUT2D eigenvalue weighted by Crippen LogP contribution is 2.21. The SMILES string of the molecule is CCCCN1CN(CCOc2ccc(Br)cc2)C=C2NC(Cl)N=C21. The fourth-order valence-electron chi connectivity index (χ4n) is 2.73. The second-order valence-corrected chi connectivity index (χ2v) is 7.18. The van der Waals surface area contributed by atoms with Gasteiger partial charge in [0, 0.05) is 17.2 Å². The molecule has 0 aromatic heterocycles. The Morgan fingerprint density at radius 1 is 1.33 bits per heavy atom. The maximum atomic E-state index is 6.12. The summed E-state index contributed by atoms with van der Waals surface area (Å²) in [5, 5.41) is 3.20. The van der Waals surface area contributed by atoms with Crippen molar-refractivity contribution in [3.8, 4) is 5.75 Å². The van der Waals surface area contributed by atoms with Crippen LogP contribution in [0, 0.1) is 0 Å². The van der Waals surface area contributed by atoms with E-state index in [4.69, 9.17) is 16.3 Å². The molecule has 1 unspecified atom stereocenters. The van der Waals surface area contributed by atoms with Gasteiger partial charge in [-0.3, -0.25) is 0 Å². The van der Waals surface area contributed by atoms with E-state index < -0.39 is 0 Å². The Kier molecular flexibility index (Phi) is 5.89. The van der Waals surface area contributed by atoms with Gasteiger partial charge in [0.25, 0.3) is 0 Å². The van der Waals surface area contributed by atoms with Crippen LogP contribution in [0.25, 0.3) is 0 Å². The van der Waals surface area contributed by atoms with E-state index in [1.807, 2.05) is 24.3 Å². The molecule has 24 heavy (non-hydrogen) atoms. The number of unbranched alkanes of at least 4 members (excludes halogenated alkanes) is 1. The molecule has 0 bridgehead atoms. The van der Waals surface area contributed by atoms with Gasteiger partial charge in [-0.05, 0) is 30.7 Å². The zero-order valence-corrected chi connectivity index (χ0v) is 16.1. The third-order valence-electron chi connectivity index (χ3n) is 3.96. The van der Waals surface area contributed by atoms with Gasteiger partial charge in [-0.1, -0.05) is 40.9 Å². The van der Waals surface area contributed by atoms with Gasteiger partial charge < -0.3 is 19.9 Å². The van der Waals surface area contributed by atoms with Gasteiger partial charge in [0.2, 0.25) is 0 Å². The third kappa shape index (κ3) is 4.36. The summed E-state index contributed by atoms with van der Waals surface area (Å²) in [5.41, 5.74) is 0.635. The lowest BCUT2D eigenvalue weighted by atomic mass is 10.2. The Labute approximate surface area is 156 Å². The van der Waals surface area contributed by atoms with Crippen LogP contribution in [0.1, 0.15) is 19.8 Å². The van der Waals surface area contributed by atoms with Crippen LogP contribution in [0.2, 0.25) is 0 Å². The number of amidine groups is 1. The average molecular weight is 414 g/mol. The highest BCUT2D eigenvalue weighted by atomic mass is 79.9. The quantitative estimate of drug-likeness (QED) is 0.548. The molecule has 1 aromatic rings. The Hall–Kier alpha value is -1.40. The second kappa shape index (κ2) is 8.12. The van der Waals surface area contributed by atoms with Crippen LogP contribution in [0.3, 0.4) is 0 Å². The molecule has 130 valence electrons. The van der Waals surface area contributed by atoms with E-state index in [2.05, 4.69) is 49.2 Å². The van der Waals surface area contributed by atoms with Crippen molar-refractivity contribution >= 4 is 33.4 Å². The lowest BCUT2D eigenvalue weighted by molar-refractivity contribution is 0.194. The Bertz CT molecular complexity index is 620. The number of hydrogen-bond donors (Lipinski definition) is 1. The first-order valence-corrected chi connectivity index (χ1v) is 9.46. The van der Waals surface area contributed by atoms with E-state index in [0.29, 0.717) is 6.61 Å². The van der Waals surface area contributed by atoms with Crippen LogP contribution in [0.5, 0.6) is 5.75 Å². The smallest absolute Gasteiger partial charge is 0.197 e. The van der Waals surface area contributed by atoms with Gasteiger partial charge in [-0.25, -0.2) is 4.99 Å². The number of nitrogens with one attached hydrogen (secondary N) is 1. The summed E-state index contributed by atoms with van der Waals surface area (Å²) in [5.74, 6) is 1.86. The molecule has 5 nitrogen and oxygen atoms in total. The maximum Gasteiger partial charge on any atom is 0.197 e. The second-order valence-electron chi connectivity index (χ2n) is 5.85. The first-order chi connectivity index (χ1) is 11.7. The molecule has 0 saturated heterocycles. The number of nitrogens with zero attached hydrogens (tertiary/aromatic N) is 3. The van der Waals surface area contributed by atoms with Gasteiger partial charge in [-0.15, -0.1) is 0 Å². The van der Waals surface area contributed by atoms with Crippen molar-refractivity contribution in [2.24, 2.45) is 4.99 Å². The van der Waals surface area contributed by atoms with E-state index >= 15 is 0 Å². The monoisotopic (exact) mass is 412 g/mol. The molecule has 0 aliphatic carbocycles. The summed E-state index contributed by atoms with van der Waals surface area (Å²) < 4.78 is 6.88. The summed E-state index contributed by atoms with van der Waals surface area (Å²) in [6, 6.07) is 7.90. The Morgan fingerprint density at radius 2 is 2.12 bits per heavy atom. The van der Waals surface area contributed by atoms with Crippen molar-refractivity contribution in [2.45, 2.75) is 25.4 Å². The maximum absolute atomic E-state index is 6.12. The molecule has 0 fully saturated rings. The van der Waals surface area contributed by atoms with Crippen molar-refractivity contribution in [3.63, 3.8) is 0 Å². The molecule has 2 aliphatic heterocycles. The van der Waals surface area contributed by atoms with Crippen LogP contribution >= 0.6 is 27.5 Å². The fraction of sp³-hybridized carbons (Fsp3) is 0.471. The third-order valence-corrected chi connectivity index (χ3v) is 4.69. The molecule has 1 N–H and O–H groups in total. The molecule has 0 amide bonds. The minimum Gasteiger partial charge on any atom is -0.492 e. The number of benzene rings is 1. The molecular weight excluding hydrogens is 392 g/mol. The summed E-state index contributed by atoms with van der Waals surface area (Å²) in [6.07, 6.45) is 4.39. The molecular formula is C17H22BrClN4O. The molecule has 0 saturated carbocycles. The van der Waals surface area contributed by atoms with Crippen molar-refractivity contribution in [1.29, 1.82) is 0 Å². The lowest BCUT2D eigenvalue weighted by Crippen LogP contribution is -2.46. The number of rotatable bonds is 7. The van der Waals surface area contributed by atoms with Gasteiger partial charge in [-0.2, -0.15) is 0 Å². The largest absolute Gasteiger partial charge is 0.492 e. The van der Waals surface area contributed by atoms with Crippen LogP contribution in [0.4, 0.5) is 0 Å². The van der Waals surface area contributed by atoms with E-state index in [9.17, 15) is 0 Å². The molecule has 2 aliphatic rings. The van der Waals surface area contributed by atoms with E-state index in [1.54, 1.807) is 0 Å². The van der Waals surface area contributed by atoms with Crippen molar-refractivity contribution in [2.75, 3.05) is 26.4 Å². The normalized spacial score (nSPS) is 19.5. The highest BCUT2D eigenvalue weighted by Gasteiger charge is 2.29. The molecule has 3 rings (SSSR count). The number of ether oxygens (including phenoxy) is 1. The van der Waals surface area contributed by atoms with E-state index in [0.717, 1.165) is 54.4 Å². The molecule has 7 heteroatoms. The Balaban J connectivity index is 1.57. The number of fused-ring (bicyclic) bond motifs is 1. The van der Waals surface area contributed by atoms with Gasteiger partial charge in [0.1, 0.15) is 12.4 Å². The summed E-state index contributed by atoms with van der Waals surface area (Å²) in [4.78, 5) is 9.01. The first kappa shape index (κ1) is 17.4. The highest BCUT2D eigenvalue weighted by molar-refractivity contribution is 9.10. The van der Waals surface area contributed by atoms with E-state index in [1.165, 1.54) is 0 Å². The van der Waals surface area contributed by atoms with Gasteiger partial charge in [0.05, 0.1) is 18.9 Å². The minimum atomic E-state index is -0.366. The zero-order valence-electron chi connectivity index (χ0n) is 13.7. The van der Waals surface area contributed by atoms with Crippen LogP contribution in [-0.4, -0.2) is 47.6 Å². The number of aliphatic imine (C=N–C) groups is 1. The summed E-state index contributed by atoms with van der Waals surface area (Å²) in [7, 11) is 0. The van der Waals surface area contributed by atoms with Crippen molar-refractivity contribution in [3.05, 3.63) is 40.6 Å². The molecule has 0 radical (unpaired) electrons. The lowest BCUT2D eigenvalue weighted by Gasteiger charge is -2.35. The van der Waals surface area contributed by atoms with Gasteiger partial charge in [0.15, 0.2) is 11.5 Å². The number of hydrogen-bond acceptors (Lipinski definition) is 5. The first-order valence-electron chi connectivity index (χ1n) is 8.23. The van der Waals surface area contributed by atoms with Crippen LogP contribution in [0.15, 0.2) is 45.6 Å². The number of alkyl halides is 1. The number of halogens is 2. The predicted octanol–water partition coefficient (Wildman–Crippen LogP) is 3.57. The standard InChI is InChI=1S/C17H22BrClN4O/c1-2-3-8-23-12-22(11-15-16(23)21-17(19)20-15)9-10-24-14-6-4-13(18)5-7-14/h4-7,11,17,20H,2-3,8-10,12H2,1H3. The minimum absolute atomic E-state index is 0.366. The van der Waals surface area contributed by atoms with Crippen molar-refractivity contribution < 1.29 is 4.74 Å². The van der Waals surface area contributed by atoms with E-state index in [-0.39, 0.29) is 5.62 Å². The molecule has 2 heterocycles. The zero-order chi connectivity index (χ0) is 16.9. The van der Waals surface area contributed by atoms with Crippen LogP contribution < -0.4 is 10.1 Å². The summed E-state index contributed by atoms with van der Waals surface area (Å²) >= 11 is 9.55. The predicted molar refractivity (Wildman–Crippen MR) is 101 cm³/mol. The molecule has 1 atom stereocenters. The average Bonchev–Trinajstić information content (AvgIpc) is 2.95. The summed E-state index contributed by atoms with van der Waals surface area (Å²) in [6.45, 7) is 5.44. The van der Waals surface area contributed by atoms with Crippen LogP contribution in [-0.2, 0) is 0 Å². The topological polar surface area (TPSA) is 40.1 Å². The molecule has 1 aromatic carbocycles.